The number of nitrogens with two attached hydrogens (primary N) is 1. The third-order valence-electron chi connectivity index (χ3n) is 1.76. The summed E-state index contributed by atoms with van der Waals surface area (Å²) in [5.74, 6) is -0.396. The van der Waals surface area contributed by atoms with Crippen LogP contribution in [0.4, 0.5) is 0 Å². The highest BCUT2D eigenvalue weighted by Gasteiger charge is 2.13. The summed E-state index contributed by atoms with van der Waals surface area (Å²) >= 11 is 0. The van der Waals surface area contributed by atoms with E-state index in [-0.39, 0.29) is 6.61 Å². The molecule has 0 aliphatic heterocycles. The molecule has 0 spiro atoms. The number of ether oxygens (including phenoxy) is 3. The molecule has 0 aliphatic rings. The van der Waals surface area contributed by atoms with Crippen LogP contribution in [0.1, 0.15) is 19.8 Å². The van der Waals surface area contributed by atoms with Gasteiger partial charge in [-0.05, 0) is 12.8 Å². The quantitative estimate of drug-likeness (QED) is 0.446. The van der Waals surface area contributed by atoms with Crippen molar-refractivity contribution in [1.29, 1.82) is 0 Å². The van der Waals surface area contributed by atoms with Crippen molar-refractivity contribution in [3.63, 3.8) is 0 Å². The van der Waals surface area contributed by atoms with Gasteiger partial charge in [0, 0.05) is 20.3 Å². The minimum absolute atomic E-state index is 0.263. The van der Waals surface area contributed by atoms with Crippen molar-refractivity contribution in [3.8, 4) is 0 Å². The Labute approximate surface area is 90.9 Å². The van der Waals surface area contributed by atoms with Gasteiger partial charge >= 0.3 is 5.97 Å². The first-order valence-corrected chi connectivity index (χ1v) is 5.21. The van der Waals surface area contributed by atoms with Crippen LogP contribution in [-0.2, 0) is 19.0 Å². The van der Waals surface area contributed by atoms with Crippen LogP contribution < -0.4 is 5.73 Å². The van der Waals surface area contributed by atoms with E-state index < -0.39 is 12.0 Å². The topological polar surface area (TPSA) is 70.8 Å². The van der Waals surface area contributed by atoms with E-state index in [9.17, 15) is 4.79 Å². The fourth-order valence-electron chi connectivity index (χ4n) is 0.917. The van der Waals surface area contributed by atoms with Gasteiger partial charge in [0.25, 0.3) is 0 Å². The second-order valence-electron chi connectivity index (χ2n) is 3.17. The molecule has 0 heterocycles. The molecule has 0 fully saturated rings. The van der Waals surface area contributed by atoms with Gasteiger partial charge in [0.2, 0.25) is 0 Å². The van der Waals surface area contributed by atoms with Crippen molar-refractivity contribution in [1.82, 2.24) is 0 Å². The van der Waals surface area contributed by atoms with Crippen molar-refractivity contribution in [3.05, 3.63) is 0 Å². The smallest absolute Gasteiger partial charge is 0.323 e. The van der Waals surface area contributed by atoms with Crippen molar-refractivity contribution in [2.24, 2.45) is 5.73 Å². The van der Waals surface area contributed by atoms with E-state index in [0.717, 1.165) is 6.42 Å². The lowest BCUT2D eigenvalue weighted by molar-refractivity contribution is -0.147. The van der Waals surface area contributed by atoms with Gasteiger partial charge in [-0.1, -0.05) is 6.92 Å². The lowest BCUT2D eigenvalue weighted by Gasteiger charge is -2.10. The van der Waals surface area contributed by atoms with Gasteiger partial charge in [0.15, 0.2) is 0 Å². The van der Waals surface area contributed by atoms with Crippen LogP contribution in [0, 0.1) is 0 Å². The molecule has 0 rings (SSSR count). The molecule has 1 unspecified atom stereocenters. The zero-order valence-electron chi connectivity index (χ0n) is 9.53. The van der Waals surface area contributed by atoms with Crippen molar-refractivity contribution in [2.45, 2.75) is 25.8 Å². The first-order chi connectivity index (χ1) is 7.22. The maximum atomic E-state index is 11.2. The van der Waals surface area contributed by atoms with Gasteiger partial charge in [-0.25, -0.2) is 0 Å². The minimum atomic E-state index is -0.601. The number of hydrogen-bond donors (Lipinski definition) is 1. The lowest BCUT2D eigenvalue weighted by Crippen LogP contribution is -2.34. The summed E-state index contributed by atoms with van der Waals surface area (Å²) in [4.78, 5) is 11.2. The van der Waals surface area contributed by atoms with E-state index in [2.05, 4.69) is 0 Å². The Kier molecular flexibility index (Phi) is 9.46. The molecule has 0 aliphatic carbocycles. The molecule has 5 heteroatoms. The number of esters is 1. The van der Waals surface area contributed by atoms with E-state index in [0.29, 0.717) is 26.2 Å². The number of hydrogen-bond acceptors (Lipinski definition) is 5. The Morgan fingerprint density at radius 3 is 2.60 bits per heavy atom. The average Bonchev–Trinajstić information content (AvgIpc) is 2.25. The minimum Gasteiger partial charge on any atom is -0.462 e. The van der Waals surface area contributed by atoms with E-state index >= 15 is 0 Å². The second-order valence-corrected chi connectivity index (χ2v) is 3.17. The summed E-state index contributed by atoms with van der Waals surface area (Å²) in [6.45, 7) is 3.86. The molecular weight excluding hydrogens is 198 g/mol. The van der Waals surface area contributed by atoms with E-state index in [1.165, 1.54) is 0 Å². The molecule has 5 nitrogen and oxygen atoms in total. The molecule has 15 heavy (non-hydrogen) atoms. The van der Waals surface area contributed by atoms with Crippen LogP contribution in [0.2, 0.25) is 0 Å². The molecule has 0 amide bonds. The maximum Gasteiger partial charge on any atom is 0.323 e. The van der Waals surface area contributed by atoms with E-state index in [1.807, 2.05) is 6.92 Å². The van der Waals surface area contributed by atoms with Gasteiger partial charge in [0.1, 0.15) is 12.6 Å². The third-order valence-corrected chi connectivity index (χ3v) is 1.76. The first-order valence-electron chi connectivity index (χ1n) is 5.21. The summed E-state index contributed by atoms with van der Waals surface area (Å²) in [5.41, 5.74) is 5.55. The Morgan fingerprint density at radius 1 is 1.27 bits per heavy atom. The molecule has 1 atom stereocenters. The van der Waals surface area contributed by atoms with Crippen LogP contribution in [0.5, 0.6) is 0 Å². The van der Waals surface area contributed by atoms with Crippen molar-refractivity contribution < 1.29 is 19.0 Å². The van der Waals surface area contributed by atoms with Crippen molar-refractivity contribution >= 4 is 5.97 Å². The predicted molar refractivity (Wildman–Crippen MR) is 56.5 cm³/mol. The second kappa shape index (κ2) is 9.89. The Morgan fingerprint density at radius 2 is 2.00 bits per heavy atom. The molecule has 0 saturated heterocycles. The normalized spacial score (nSPS) is 12.5. The molecule has 2 N–H and O–H groups in total. The maximum absolute atomic E-state index is 11.2. The van der Waals surface area contributed by atoms with Crippen LogP contribution in [0.25, 0.3) is 0 Å². The summed E-state index contributed by atoms with van der Waals surface area (Å²) in [6, 6.07) is -0.601. The SMILES string of the molecule is CCCOCCOC(=O)C(N)CCOC. The van der Waals surface area contributed by atoms with Crippen LogP contribution in [-0.4, -0.2) is 45.5 Å². The van der Waals surface area contributed by atoms with Crippen LogP contribution in [0.15, 0.2) is 0 Å². The Bertz CT molecular complexity index is 164. The number of carbonyl (C=O) groups excluding carboxylic acids is 1. The molecule has 0 radical (unpaired) electrons. The standard InChI is InChI=1S/C10H21NO4/c1-3-5-14-7-8-15-10(12)9(11)4-6-13-2/h9H,3-8,11H2,1-2H3. The van der Waals surface area contributed by atoms with Crippen LogP contribution >= 0.6 is 0 Å². The highest BCUT2D eigenvalue weighted by molar-refractivity contribution is 5.75. The van der Waals surface area contributed by atoms with Crippen molar-refractivity contribution in [2.75, 3.05) is 33.5 Å². The molecule has 90 valence electrons. The third kappa shape index (κ3) is 8.35. The van der Waals surface area contributed by atoms with Crippen LogP contribution in [0.3, 0.4) is 0 Å². The van der Waals surface area contributed by atoms with Gasteiger partial charge in [0.05, 0.1) is 6.61 Å². The fraction of sp³-hybridized carbons (Fsp3) is 0.900. The summed E-state index contributed by atoms with van der Waals surface area (Å²) in [6.07, 6.45) is 1.44. The number of carbonyl (C=O) groups is 1. The molecular formula is C10H21NO4. The highest BCUT2D eigenvalue weighted by atomic mass is 16.6. The van der Waals surface area contributed by atoms with Gasteiger partial charge in [-0.3, -0.25) is 4.79 Å². The molecule has 0 aromatic carbocycles. The van der Waals surface area contributed by atoms with Gasteiger partial charge < -0.3 is 19.9 Å². The van der Waals surface area contributed by atoms with Gasteiger partial charge in [-0.15, -0.1) is 0 Å². The summed E-state index contributed by atoms with van der Waals surface area (Å²) < 4.78 is 14.9. The largest absolute Gasteiger partial charge is 0.462 e. The highest BCUT2D eigenvalue weighted by Crippen LogP contribution is 1.93. The molecule has 0 aromatic heterocycles. The lowest BCUT2D eigenvalue weighted by atomic mass is 10.2. The monoisotopic (exact) mass is 219 g/mol. The Hall–Kier alpha value is -0.650. The molecule has 0 bridgehead atoms. The Balaban J connectivity index is 3.38. The summed E-state index contributed by atoms with van der Waals surface area (Å²) in [5, 5.41) is 0. The summed E-state index contributed by atoms with van der Waals surface area (Å²) in [7, 11) is 1.57. The van der Waals surface area contributed by atoms with Gasteiger partial charge in [-0.2, -0.15) is 0 Å². The average molecular weight is 219 g/mol. The zero-order valence-corrected chi connectivity index (χ0v) is 9.53. The zero-order chi connectivity index (χ0) is 11.5. The number of rotatable bonds is 9. The number of methoxy groups -OCH3 is 1. The first kappa shape index (κ1) is 14.3. The fourth-order valence-corrected chi connectivity index (χ4v) is 0.917. The predicted octanol–water partition coefficient (Wildman–Crippen LogP) is 0.320. The van der Waals surface area contributed by atoms with E-state index in [1.54, 1.807) is 7.11 Å². The molecule has 0 saturated carbocycles. The van der Waals surface area contributed by atoms with E-state index in [4.69, 9.17) is 19.9 Å². The molecule has 0 aromatic rings.